The van der Waals surface area contributed by atoms with Crippen molar-refractivity contribution in [2.45, 2.75) is 0 Å². The van der Waals surface area contributed by atoms with E-state index in [1.807, 2.05) is 6.07 Å². The molecular formula is C13H18Cl2N2O. The number of benzene rings is 1. The Labute approximate surface area is 118 Å². The first kappa shape index (κ1) is 13.9. The standard InChI is InChI=1S/C13H18Cl2N2O/c1-16-5-7-17(8-6-16)9-10-18-13-11(14)3-2-4-12(13)15/h2-4H,5-10H2,1H3. The Morgan fingerprint density at radius 1 is 1.11 bits per heavy atom. The molecule has 1 aromatic rings. The van der Waals surface area contributed by atoms with Crippen molar-refractivity contribution in [1.29, 1.82) is 0 Å². The highest BCUT2D eigenvalue weighted by Crippen LogP contribution is 2.32. The lowest BCUT2D eigenvalue weighted by Gasteiger charge is -2.32. The van der Waals surface area contributed by atoms with Gasteiger partial charge in [0.05, 0.1) is 10.0 Å². The van der Waals surface area contributed by atoms with Crippen LogP contribution in [-0.2, 0) is 0 Å². The molecule has 0 spiro atoms. The van der Waals surface area contributed by atoms with Crippen molar-refractivity contribution in [3.8, 4) is 5.75 Å². The van der Waals surface area contributed by atoms with Crippen LogP contribution in [0.4, 0.5) is 0 Å². The molecule has 18 heavy (non-hydrogen) atoms. The number of piperazine rings is 1. The summed E-state index contributed by atoms with van der Waals surface area (Å²) in [5.41, 5.74) is 0. The zero-order chi connectivity index (χ0) is 13.0. The molecule has 100 valence electrons. The van der Waals surface area contributed by atoms with E-state index < -0.39 is 0 Å². The van der Waals surface area contributed by atoms with Crippen molar-refractivity contribution in [3.05, 3.63) is 28.2 Å². The minimum Gasteiger partial charge on any atom is -0.489 e. The van der Waals surface area contributed by atoms with Crippen molar-refractivity contribution in [3.63, 3.8) is 0 Å². The van der Waals surface area contributed by atoms with E-state index in [0.29, 0.717) is 22.4 Å². The van der Waals surface area contributed by atoms with Crippen molar-refractivity contribution >= 4 is 23.2 Å². The summed E-state index contributed by atoms with van der Waals surface area (Å²) in [6.07, 6.45) is 0. The summed E-state index contributed by atoms with van der Waals surface area (Å²) >= 11 is 12.1. The molecule has 0 bridgehead atoms. The van der Waals surface area contributed by atoms with E-state index >= 15 is 0 Å². The van der Waals surface area contributed by atoms with E-state index in [4.69, 9.17) is 27.9 Å². The second-order valence-electron chi connectivity index (χ2n) is 4.54. The fraction of sp³-hybridized carbons (Fsp3) is 0.538. The molecule has 1 aliphatic heterocycles. The summed E-state index contributed by atoms with van der Waals surface area (Å²) in [5, 5.41) is 1.14. The van der Waals surface area contributed by atoms with Crippen molar-refractivity contribution in [1.82, 2.24) is 9.80 Å². The molecule has 3 nitrogen and oxygen atoms in total. The zero-order valence-electron chi connectivity index (χ0n) is 10.5. The molecule has 0 atom stereocenters. The van der Waals surface area contributed by atoms with E-state index in [9.17, 15) is 0 Å². The average Bonchev–Trinajstić information content (AvgIpc) is 2.35. The van der Waals surface area contributed by atoms with Gasteiger partial charge in [-0.1, -0.05) is 29.3 Å². The van der Waals surface area contributed by atoms with Crippen LogP contribution in [0.2, 0.25) is 10.0 Å². The molecule has 1 fully saturated rings. The van der Waals surface area contributed by atoms with Crippen LogP contribution in [0.3, 0.4) is 0 Å². The van der Waals surface area contributed by atoms with Crippen LogP contribution in [0.5, 0.6) is 5.75 Å². The smallest absolute Gasteiger partial charge is 0.156 e. The number of rotatable bonds is 4. The van der Waals surface area contributed by atoms with Gasteiger partial charge in [0.25, 0.3) is 0 Å². The van der Waals surface area contributed by atoms with E-state index in [1.165, 1.54) is 0 Å². The average molecular weight is 289 g/mol. The van der Waals surface area contributed by atoms with Crippen molar-refractivity contribution in [2.75, 3.05) is 46.4 Å². The summed E-state index contributed by atoms with van der Waals surface area (Å²) in [4.78, 5) is 4.73. The normalized spacial score (nSPS) is 17.9. The minimum absolute atomic E-state index is 0.570. The molecule has 1 aromatic carbocycles. The Bertz CT molecular complexity index is 372. The summed E-state index contributed by atoms with van der Waals surface area (Å²) in [6.45, 7) is 5.95. The predicted octanol–water partition coefficient (Wildman–Crippen LogP) is 2.62. The highest BCUT2D eigenvalue weighted by molar-refractivity contribution is 6.37. The first-order valence-corrected chi connectivity index (χ1v) is 6.90. The van der Waals surface area contributed by atoms with Gasteiger partial charge in [0, 0.05) is 32.7 Å². The number of likely N-dealkylation sites (N-methyl/N-ethyl adjacent to an activating group) is 1. The van der Waals surface area contributed by atoms with Crippen LogP contribution in [0.25, 0.3) is 0 Å². The molecule has 0 aliphatic carbocycles. The van der Waals surface area contributed by atoms with Gasteiger partial charge in [0.2, 0.25) is 0 Å². The molecule has 0 unspecified atom stereocenters. The fourth-order valence-electron chi connectivity index (χ4n) is 1.97. The molecule has 0 N–H and O–H groups in total. The third kappa shape index (κ3) is 3.75. The van der Waals surface area contributed by atoms with Gasteiger partial charge in [-0.2, -0.15) is 0 Å². The van der Waals surface area contributed by atoms with Gasteiger partial charge in [-0.25, -0.2) is 0 Å². The van der Waals surface area contributed by atoms with Crippen molar-refractivity contribution < 1.29 is 4.74 Å². The fourth-order valence-corrected chi connectivity index (χ4v) is 2.48. The Hall–Kier alpha value is -0.480. The first-order chi connectivity index (χ1) is 8.66. The maximum atomic E-state index is 6.04. The zero-order valence-corrected chi connectivity index (χ0v) is 12.0. The lowest BCUT2D eigenvalue weighted by molar-refractivity contribution is 0.134. The van der Waals surface area contributed by atoms with Crippen LogP contribution >= 0.6 is 23.2 Å². The van der Waals surface area contributed by atoms with Gasteiger partial charge < -0.3 is 9.64 Å². The Morgan fingerprint density at radius 3 is 2.33 bits per heavy atom. The van der Waals surface area contributed by atoms with E-state index in [0.717, 1.165) is 32.7 Å². The minimum atomic E-state index is 0.570. The lowest BCUT2D eigenvalue weighted by Crippen LogP contribution is -2.45. The predicted molar refractivity (Wildman–Crippen MR) is 75.9 cm³/mol. The highest BCUT2D eigenvalue weighted by atomic mass is 35.5. The molecule has 1 heterocycles. The topological polar surface area (TPSA) is 15.7 Å². The number of ether oxygens (including phenoxy) is 1. The van der Waals surface area contributed by atoms with Crippen LogP contribution in [-0.4, -0.2) is 56.2 Å². The van der Waals surface area contributed by atoms with E-state index in [2.05, 4.69) is 16.8 Å². The molecule has 0 radical (unpaired) electrons. The van der Waals surface area contributed by atoms with Crippen LogP contribution in [0.1, 0.15) is 0 Å². The maximum absolute atomic E-state index is 6.04. The Kier molecular flexibility index (Phi) is 5.13. The Balaban J connectivity index is 1.78. The molecule has 1 aliphatic rings. The highest BCUT2D eigenvalue weighted by Gasteiger charge is 2.14. The Morgan fingerprint density at radius 2 is 1.72 bits per heavy atom. The molecule has 0 amide bonds. The third-order valence-corrected chi connectivity index (χ3v) is 3.76. The number of hydrogen-bond donors (Lipinski definition) is 0. The summed E-state index contributed by atoms with van der Waals surface area (Å²) < 4.78 is 5.68. The molecule has 0 aromatic heterocycles. The molecule has 5 heteroatoms. The van der Waals surface area contributed by atoms with Crippen LogP contribution in [0.15, 0.2) is 18.2 Å². The van der Waals surface area contributed by atoms with Crippen LogP contribution < -0.4 is 4.74 Å². The van der Waals surface area contributed by atoms with Gasteiger partial charge in [0.1, 0.15) is 6.61 Å². The number of halogens is 2. The summed E-state index contributed by atoms with van der Waals surface area (Å²) in [5.74, 6) is 0.593. The van der Waals surface area contributed by atoms with Gasteiger partial charge in [0.15, 0.2) is 5.75 Å². The van der Waals surface area contributed by atoms with E-state index in [-0.39, 0.29) is 0 Å². The molecule has 2 rings (SSSR count). The summed E-state index contributed by atoms with van der Waals surface area (Å²) in [6, 6.07) is 5.40. The quantitative estimate of drug-likeness (QED) is 0.847. The number of hydrogen-bond acceptors (Lipinski definition) is 3. The molecule has 1 saturated heterocycles. The molecule has 0 saturated carbocycles. The molecular weight excluding hydrogens is 271 g/mol. The third-order valence-electron chi connectivity index (χ3n) is 3.17. The maximum Gasteiger partial charge on any atom is 0.156 e. The second kappa shape index (κ2) is 6.62. The van der Waals surface area contributed by atoms with E-state index in [1.54, 1.807) is 12.1 Å². The van der Waals surface area contributed by atoms with Gasteiger partial charge in [-0.3, -0.25) is 4.90 Å². The van der Waals surface area contributed by atoms with Crippen molar-refractivity contribution in [2.24, 2.45) is 0 Å². The second-order valence-corrected chi connectivity index (χ2v) is 5.36. The van der Waals surface area contributed by atoms with Gasteiger partial charge >= 0.3 is 0 Å². The first-order valence-electron chi connectivity index (χ1n) is 6.14. The monoisotopic (exact) mass is 288 g/mol. The number of nitrogens with zero attached hydrogens (tertiary/aromatic N) is 2. The van der Waals surface area contributed by atoms with Gasteiger partial charge in [-0.15, -0.1) is 0 Å². The van der Waals surface area contributed by atoms with Gasteiger partial charge in [-0.05, 0) is 19.2 Å². The number of para-hydroxylation sites is 1. The van der Waals surface area contributed by atoms with Crippen LogP contribution in [0, 0.1) is 0 Å². The largest absolute Gasteiger partial charge is 0.489 e. The lowest BCUT2D eigenvalue weighted by atomic mass is 10.3. The SMILES string of the molecule is CN1CCN(CCOc2c(Cl)cccc2Cl)CC1. The summed E-state index contributed by atoms with van der Waals surface area (Å²) in [7, 11) is 2.15.